The number of carbonyl (C=O) groups is 1. The standard InChI is InChI=1S/C22H32N6OS/c1-3-20-25-26-22(30-20)24-19-8-4-7-18(23-19)17-6-5-11-27(14-17)15-21(29)28-12-9-16(2)10-13-28/h4,7-8,16-17H,3,5-6,9-15H2,1-2H3,(H,23,24,26). The SMILES string of the molecule is CCc1nnc(Nc2cccc(C3CCCN(CC(=O)N4CCC(C)CC4)C3)n2)s1. The van der Waals surface area contributed by atoms with Gasteiger partial charge in [-0.1, -0.05) is 31.3 Å². The van der Waals surface area contributed by atoms with E-state index < -0.39 is 0 Å². The molecule has 162 valence electrons. The summed E-state index contributed by atoms with van der Waals surface area (Å²) in [5.41, 5.74) is 1.09. The average Bonchev–Trinajstić information content (AvgIpc) is 3.22. The van der Waals surface area contributed by atoms with Crippen molar-refractivity contribution in [2.75, 3.05) is 38.0 Å². The number of piperidine rings is 2. The van der Waals surface area contributed by atoms with Crippen molar-refractivity contribution in [1.29, 1.82) is 0 Å². The van der Waals surface area contributed by atoms with Crippen LogP contribution in [0, 0.1) is 5.92 Å². The lowest BCUT2D eigenvalue weighted by atomic mass is 9.94. The van der Waals surface area contributed by atoms with Gasteiger partial charge in [0.15, 0.2) is 0 Å². The molecule has 0 radical (unpaired) electrons. The van der Waals surface area contributed by atoms with Crippen LogP contribution in [0.4, 0.5) is 10.9 Å². The Kier molecular flexibility index (Phi) is 6.94. The second-order valence-electron chi connectivity index (χ2n) is 8.56. The largest absolute Gasteiger partial charge is 0.342 e. The fraction of sp³-hybridized carbons (Fsp3) is 0.636. The number of rotatable bonds is 6. The Balaban J connectivity index is 1.35. The van der Waals surface area contributed by atoms with E-state index in [4.69, 9.17) is 4.98 Å². The molecule has 7 nitrogen and oxygen atoms in total. The summed E-state index contributed by atoms with van der Waals surface area (Å²) in [6.45, 7) is 8.61. The van der Waals surface area contributed by atoms with Crippen molar-refractivity contribution < 1.29 is 4.79 Å². The molecule has 1 N–H and O–H groups in total. The van der Waals surface area contributed by atoms with Crippen molar-refractivity contribution in [3.05, 3.63) is 28.9 Å². The summed E-state index contributed by atoms with van der Waals surface area (Å²) >= 11 is 1.57. The second-order valence-corrected chi connectivity index (χ2v) is 9.63. The summed E-state index contributed by atoms with van der Waals surface area (Å²) in [7, 11) is 0. The van der Waals surface area contributed by atoms with Crippen LogP contribution in [0.15, 0.2) is 18.2 Å². The maximum absolute atomic E-state index is 12.7. The van der Waals surface area contributed by atoms with Gasteiger partial charge in [-0.05, 0) is 56.7 Å². The van der Waals surface area contributed by atoms with Gasteiger partial charge in [-0.15, -0.1) is 10.2 Å². The Labute approximate surface area is 182 Å². The predicted octanol–water partition coefficient (Wildman–Crippen LogP) is 3.68. The molecule has 1 amide bonds. The Morgan fingerprint density at radius 1 is 1.20 bits per heavy atom. The minimum absolute atomic E-state index is 0.286. The summed E-state index contributed by atoms with van der Waals surface area (Å²) in [5.74, 6) is 2.19. The number of carbonyl (C=O) groups excluding carboxylic acids is 1. The molecule has 2 aliphatic heterocycles. The second kappa shape index (κ2) is 9.83. The lowest BCUT2D eigenvalue weighted by Gasteiger charge is -2.35. The molecule has 1 atom stereocenters. The third kappa shape index (κ3) is 5.35. The molecule has 2 fully saturated rings. The van der Waals surface area contributed by atoms with Crippen LogP contribution in [-0.2, 0) is 11.2 Å². The van der Waals surface area contributed by atoms with Gasteiger partial charge < -0.3 is 10.2 Å². The van der Waals surface area contributed by atoms with Gasteiger partial charge in [0.2, 0.25) is 11.0 Å². The van der Waals surface area contributed by atoms with E-state index in [0.29, 0.717) is 12.5 Å². The van der Waals surface area contributed by atoms with Gasteiger partial charge in [-0.3, -0.25) is 9.69 Å². The highest BCUT2D eigenvalue weighted by atomic mass is 32.1. The highest BCUT2D eigenvalue weighted by molar-refractivity contribution is 7.15. The summed E-state index contributed by atoms with van der Waals surface area (Å²) in [5, 5.41) is 13.4. The van der Waals surface area contributed by atoms with Crippen molar-refractivity contribution in [2.45, 2.75) is 51.9 Å². The smallest absolute Gasteiger partial charge is 0.236 e. The van der Waals surface area contributed by atoms with Crippen LogP contribution in [0.5, 0.6) is 0 Å². The molecule has 8 heteroatoms. The topological polar surface area (TPSA) is 74.2 Å². The molecule has 4 heterocycles. The van der Waals surface area contributed by atoms with E-state index in [1.807, 2.05) is 12.1 Å². The van der Waals surface area contributed by atoms with Crippen molar-refractivity contribution in [1.82, 2.24) is 25.0 Å². The third-order valence-electron chi connectivity index (χ3n) is 6.19. The number of amides is 1. The Hall–Kier alpha value is -2.06. The molecular formula is C22H32N6OS. The first kappa shape index (κ1) is 21.2. The first-order chi connectivity index (χ1) is 14.6. The number of nitrogens with zero attached hydrogens (tertiary/aromatic N) is 5. The molecule has 2 saturated heterocycles. The van der Waals surface area contributed by atoms with Gasteiger partial charge in [0.1, 0.15) is 10.8 Å². The lowest BCUT2D eigenvalue weighted by Crippen LogP contribution is -2.46. The molecule has 30 heavy (non-hydrogen) atoms. The molecule has 0 spiro atoms. The maximum atomic E-state index is 12.7. The number of aryl methyl sites for hydroxylation is 1. The highest BCUT2D eigenvalue weighted by Crippen LogP contribution is 2.28. The molecule has 0 bridgehead atoms. The molecule has 0 aliphatic carbocycles. The lowest BCUT2D eigenvalue weighted by molar-refractivity contribution is -0.134. The van der Waals surface area contributed by atoms with Crippen LogP contribution in [-0.4, -0.2) is 63.6 Å². The number of hydrogen-bond donors (Lipinski definition) is 1. The average molecular weight is 429 g/mol. The zero-order valence-electron chi connectivity index (χ0n) is 18.0. The third-order valence-corrected chi connectivity index (χ3v) is 7.18. The van der Waals surface area contributed by atoms with Crippen molar-refractivity contribution in [3.63, 3.8) is 0 Å². The van der Waals surface area contributed by atoms with E-state index in [2.05, 4.69) is 45.2 Å². The van der Waals surface area contributed by atoms with Crippen LogP contribution in [0.3, 0.4) is 0 Å². The minimum Gasteiger partial charge on any atom is -0.342 e. The van der Waals surface area contributed by atoms with Gasteiger partial charge in [0.25, 0.3) is 0 Å². The van der Waals surface area contributed by atoms with Crippen molar-refractivity contribution in [3.8, 4) is 0 Å². The quantitative estimate of drug-likeness (QED) is 0.757. The molecule has 2 aromatic heterocycles. The van der Waals surface area contributed by atoms with E-state index in [0.717, 1.165) is 85.9 Å². The normalized spacial score (nSPS) is 21.0. The van der Waals surface area contributed by atoms with Crippen LogP contribution in [0.1, 0.15) is 56.2 Å². The number of anilines is 2. The monoisotopic (exact) mass is 428 g/mol. The van der Waals surface area contributed by atoms with Gasteiger partial charge in [-0.2, -0.15) is 0 Å². The Morgan fingerprint density at radius 3 is 2.80 bits per heavy atom. The summed E-state index contributed by atoms with van der Waals surface area (Å²) in [4.78, 5) is 22.0. The van der Waals surface area contributed by atoms with Crippen LogP contribution in [0.2, 0.25) is 0 Å². The van der Waals surface area contributed by atoms with Gasteiger partial charge in [0.05, 0.1) is 6.54 Å². The minimum atomic E-state index is 0.286. The van der Waals surface area contributed by atoms with Crippen LogP contribution in [0.25, 0.3) is 0 Å². The maximum Gasteiger partial charge on any atom is 0.236 e. The van der Waals surface area contributed by atoms with E-state index in [-0.39, 0.29) is 5.91 Å². The molecular weight excluding hydrogens is 396 g/mol. The summed E-state index contributed by atoms with van der Waals surface area (Å²) in [6.07, 6.45) is 5.37. The number of likely N-dealkylation sites (tertiary alicyclic amines) is 2. The van der Waals surface area contributed by atoms with Gasteiger partial charge in [-0.25, -0.2) is 4.98 Å². The number of hydrogen-bond acceptors (Lipinski definition) is 7. The Bertz CT molecular complexity index is 848. The van der Waals surface area contributed by atoms with Gasteiger partial charge >= 0.3 is 0 Å². The fourth-order valence-corrected chi connectivity index (χ4v) is 4.98. The number of aromatic nitrogens is 3. The summed E-state index contributed by atoms with van der Waals surface area (Å²) in [6, 6.07) is 6.12. The fourth-order valence-electron chi connectivity index (χ4n) is 4.29. The van der Waals surface area contributed by atoms with E-state index in [9.17, 15) is 4.79 Å². The zero-order chi connectivity index (χ0) is 20.9. The number of nitrogens with one attached hydrogen (secondary N) is 1. The molecule has 2 aliphatic rings. The first-order valence-corrected chi connectivity index (χ1v) is 12.0. The zero-order valence-corrected chi connectivity index (χ0v) is 18.8. The van der Waals surface area contributed by atoms with E-state index in [1.165, 1.54) is 0 Å². The first-order valence-electron chi connectivity index (χ1n) is 11.2. The molecule has 4 rings (SSSR count). The van der Waals surface area contributed by atoms with Crippen molar-refractivity contribution in [2.24, 2.45) is 5.92 Å². The number of pyridine rings is 1. The van der Waals surface area contributed by atoms with Crippen molar-refractivity contribution >= 4 is 28.2 Å². The van der Waals surface area contributed by atoms with Crippen LogP contribution < -0.4 is 5.32 Å². The van der Waals surface area contributed by atoms with Gasteiger partial charge in [0, 0.05) is 31.2 Å². The Morgan fingerprint density at radius 2 is 2.03 bits per heavy atom. The molecule has 0 aromatic carbocycles. The van der Waals surface area contributed by atoms with Crippen LogP contribution >= 0.6 is 11.3 Å². The van der Waals surface area contributed by atoms with E-state index >= 15 is 0 Å². The van der Waals surface area contributed by atoms with E-state index in [1.54, 1.807) is 11.3 Å². The molecule has 1 unspecified atom stereocenters. The summed E-state index contributed by atoms with van der Waals surface area (Å²) < 4.78 is 0. The molecule has 2 aromatic rings. The molecule has 0 saturated carbocycles. The highest BCUT2D eigenvalue weighted by Gasteiger charge is 2.27. The predicted molar refractivity (Wildman–Crippen MR) is 120 cm³/mol.